The first kappa shape index (κ1) is 16.7. The van der Waals surface area contributed by atoms with Crippen molar-refractivity contribution < 1.29 is 9.26 Å². The molecule has 2 aromatic heterocycles. The van der Waals surface area contributed by atoms with E-state index in [1.54, 1.807) is 7.11 Å². The summed E-state index contributed by atoms with van der Waals surface area (Å²) in [6, 6.07) is 9.58. The van der Waals surface area contributed by atoms with Crippen LogP contribution in [-0.4, -0.2) is 22.2 Å². The molecule has 0 saturated heterocycles. The van der Waals surface area contributed by atoms with Gasteiger partial charge in [0.1, 0.15) is 11.4 Å². The van der Waals surface area contributed by atoms with Gasteiger partial charge < -0.3 is 15.0 Å². The Hall–Kier alpha value is -2.18. The maximum Gasteiger partial charge on any atom is 0.276 e. The fourth-order valence-corrected chi connectivity index (χ4v) is 3.11. The molecule has 126 valence electrons. The third-order valence-corrected chi connectivity index (χ3v) is 4.48. The quantitative estimate of drug-likeness (QED) is 0.781. The van der Waals surface area contributed by atoms with Crippen LogP contribution in [0.4, 0.5) is 0 Å². The zero-order valence-corrected chi connectivity index (χ0v) is 14.2. The number of hydrogen-bond acceptors (Lipinski definition) is 6. The third-order valence-electron chi connectivity index (χ3n) is 4.48. The van der Waals surface area contributed by atoms with Crippen LogP contribution in [0.1, 0.15) is 31.5 Å². The van der Waals surface area contributed by atoms with Crippen LogP contribution in [0.25, 0.3) is 22.5 Å². The molecule has 0 aliphatic heterocycles. The van der Waals surface area contributed by atoms with Gasteiger partial charge in [-0.15, -0.1) is 12.4 Å². The predicted molar refractivity (Wildman–Crippen MR) is 93.2 cm³/mol. The third kappa shape index (κ3) is 2.83. The van der Waals surface area contributed by atoms with Crippen LogP contribution >= 0.6 is 12.4 Å². The summed E-state index contributed by atoms with van der Waals surface area (Å²) >= 11 is 0. The van der Waals surface area contributed by atoms with E-state index in [1.165, 1.54) is 0 Å². The Morgan fingerprint density at radius 1 is 1.12 bits per heavy atom. The van der Waals surface area contributed by atoms with Crippen molar-refractivity contribution in [2.75, 3.05) is 7.11 Å². The molecule has 0 atom stereocenters. The number of benzene rings is 1. The van der Waals surface area contributed by atoms with Gasteiger partial charge in [0.2, 0.25) is 0 Å². The first-order chi connectivity index (χ1) is 11.2. The lowest BCUT2D eigenvalue weighted by molar-refractivity contribution is 0.372. The summed E-state index contributed by atoms with van der Waals surface area (Å²) in [6.45, 7) is 0. The van der Waals surface area contributed by atoms with E-state index in [2.05, 4.69) is 15.1 Å². The van der Waals surface area contributed by atoms with Gasteiger partial charge in [0.25, 0.3) is 5.89 Å². The van der Waals surface area contributed by atoms with E-state index in [1.807, 2.05) is 30.3 Å². The Kier molecular flexibility index (Phi) is 4.43. The summed E-state index contributed by atoms with van der Waals surface area (Å²) in [4.78, 5) is 9.08. The second kappa shape index (κ2) is 6.37. The second-order valence-electron chi connectivity index (χ2n) is 6.04. The number of pyridine rings is 1. The lowest BCUT2D eigenvalue weighted by Crippen LogP contribution is -2.34. The van der Waals surface area contributed by atoms with Crippen molar-refractivity contribution in [3.05, 3.63) is 36.2 Å². The molecule has 4 rings (SSSR count). The number of methoxy groups -OCH3 is 1. The average Bonchev–Trinajstić information content (AvgIpc) is 3.24. The maximum atomic E-state index is 6.37. The minimum absolute atomic E-state index is 0. The molecule has 1 aliphatic carbocycles. The summed E-state index contributed by atoms with van der Waals surface area (Å²) in [5.41, 5.74) is 7.43. The maximum absolute atomic E-state index is 6.37. The molecule has 3 aromatic rings. The summed E-state index contributed by atoms with van der Waals surface area (Å²) in [5, 5.41) is 5.08. The van der Waals surface area contributed by atoms with E-state index < -0.39 is 5.54 Å². The molecule has 0 amide bonds. The van der Waals surface area contributed by atoms with Crippen molar-refractivity contribution in [2.45, 2.75) is 31.2 Å². The van der Waals surface area contributed by atoms with Gasteiger partial charge >= 0.3 is 0 Å². The molecule has 6 nitrogen and oxygen atoms in total. The highest BCUT2D eigenvalue weighted by Gasteiger charge is 2.36. The van der Waals surface area contributed by atoms with Crippen molar-refractivity contribution >= 4 is 23.3 Å². The van der Waals surface area contributed by atoms with Crippen molar-refractivity contribution in [1.29, 1.82) is 0 Å². The second-order valence-corrected chi connectivity index (χ2v) is 6.04. The first-order valence-corrected chi connectivity index (χ1v) is 7.76. The van der Waals surface area contributed by atoms with Crippen LogP contribution in [0, 0.1) is 0 Å². The van der Waals surface area contributed by atoms with Crippen molar-refractivity contribution in [3.63, 3.8) is 0 Å². The van der Waals surface area contributed by atoms with Gasteiger partial charge in [0.05, 0.1) is 18.2 Å². The Morgan fingerprint density at radius 3 is 2.67 bits per heavy atom. The summed E-state index contributed by atoms with van der Waals surface area (Å²) in [5.74, 6) is 1.80. The summed E-state index contributed by atoms with van der Waals surface area (Å²) < 4.78 is 10.6. The molecular weight excluding hydrogens is 328 g/mol. The van der Waals surface area contributed by atoms with Gasteiger partial charge in [-0.2, -0.15) is 4.98 Å². The molecule has 1 aliphatic rings. The van der Waals surface area contributed by atoms with Crippen LogP contribution in [0.3, 0.4) is 0 Å². The fourth-order valence-electron chi connectivity index (χ4n) is 3.11. The van der Waals surface area contributed by atoms with Gasteiger partial charge in [-0.05, 0) is 37.1 Å². The van der Waals surface area contributed by atoms with Crippen molar-refractivity contribution in [3.8, 4) is 17.3 Å². The van der Waals surface area contributed by atoms with Crippen LogP contribution < -0.4 is 10.5 Å². The lowest BCUT2D eigenvalue weighted by atomic mass is 9.99. The minimum Gasteiger partial charge on any atom is -0.497 e. The molecule has 0 radical (unpaired) electrons. The molecule has 1 aromatic carbocycles. The zero-order chi connectivity index (χ0) is 15.9. The number of ether oxygens (including phenoxy) is 1. The van der Waals surface area contributed by atoms with E-state index in [0.29, 0.717) is 17.4 Å². The Labute approximate surface area is 145 Å². The van der Waals surface area contributed by atoms with Gasteiger partial charge in [-0.3, -0.25) is 0 Å². The van der Waals surface area contributed by atoms with Gasteiger partial charge in [-0.25, -0.2) is 4.98 Å². The normalized spacial score (nSPS) is 16.1. The number of hydrogen-bond donors (Lipinski definition) is 1. The molecule has 0 spiro atoms. The lowest BCUT2D eigenvalue weighted by Gasteiger charge is -2.17. The molecule has 0 bridgehead atoms. The van der Waals surface area contributed by atoms with Crippen LogP contribution in [0.5, 0.6) is 5.75 Å². The number of nitrogens with zero attached hydrogens (tertiary/aromatic N) is 3. The highest BCUT2D eigenvalue weighted by molar-refractivity contribution is 5.85. The molecule has 1 fully saturated rings. The highest BCUT2D eigenvalue weighted by atomic mass is 35.5. The van der Waals surface area contributed by atoms with Crippen molar-refractivity contribution in [2.24, 2.45) is 5.73 Å². The molecule has 1 saturated carbocycles. The van der Waals surface area contributed by atoms with Crippen molar-refractivity contribution in [1.82, 2.24) is 15.1 Å². The first-order valence-electron chi connectivity index (χ1n) is 7.76. The van der Waals surface area contributed by atoms with E-state index in [0.717, 1.165) is 42.3 Å². The number of fused-ring (bicyclic) bond motifs is 1. The van der Waals surface area contributed by atoms with E-state index in [9.17, 15) is 0 Å². The summed E-state index contributed by atoms with van der Waals surface area (Å²) in [7, 11) is 1.65. The molecule has 2 heterocycles. The molecule has 7 heteroatoms. The molecular formula is C17H19ClN4O2. The highest BCUT2D eigenvalue weighted by Crippen LogP contribution is 2.35. The molecule has 24 heavy (non-hydrogen) atoms. The van der Waals surface area contributed by atoms with Crippen LogP contribution in [-0.2, 0) is 5.54 Å². The van der Waals surface area contributed by atoms with Gasteiger partial charge in [-0.1, -0.05) is 24.1 Å². The van der Waals surface area contributed by atoms with Gasteiger partial charge in [0, 0.05) is 5.39 Å². The average molecular weight is 347 g/mol. The Morgan fingerprint density at radius 2 is 1.92 bits per heavy atom. The Bertz CT molecular complexity index is 859. The standard InChI is InChI=1S/C17H18N4O2.ClH/c1-22-12-5-7-13-11(10-12)4-6-14(19-13)15-20-16(21-23-15)17(18)8-2-3-9-17;/h4-7,10H,2-3,8-9,18H2,1H3;1H. The largest absolute Gasteiger partial charge is 0.497 e. The topological polar surface area (TPSA) is 87.1 Å². The zero-order valence-electron chi connectivity index (χ0n) is 13.4. The summed E-state index contributed by atoms with van der Waals surface area (Å²) in [6.07, 6.45) is 4.01. The number of nitrogens with two attached hydrogens (primary N) is 1. The fraction of sp³-hybridized carbons (Fsp3) is 0.353. The van der Waals surface area contributed by atoms with E-state index in [4.69, 9.17) is 15.0 Å². The minimum atomic E-state index is -0.452. The van der Waals surface area contributed by atoms with E-state index >= 15 is 0 Å². The molecule has 0 unspecified atom stereocenters. The number of halogens is 1. The van der Waals surface area contributed by atoms with Crippen LogP contribution in [0.2, 0.25) is 0 Å². The SMILES string of the molecule is COc1ccc2nc(-c3nc(C4(N)CCCC4)no3)ccc2c1.Cl. The Balaban J connectivity index is 0.00000169. The van der Waals surface area contributed by atoms with Gasteiger partial charge in [0.15, 0.2) is 5.82 Å². The number of rotatable bonds is 3. The molecule has 2 N–H and O–H groups in total. The van der Waals surface area contributed by atoms with Crippen LogP contribution in [0.15, 0.2) is 34.9 Å². The monoisotopic (exact) mass is 346 g/mol. The number of aromatic nitrogens is 3. The predicted octanol–water partition coefficient (Wildman–Crippen LogP) is 3.44. The van der Waals surface area contributed by atoms with E-state index in [-0.39, 0.29) is 12.4 Å². The smallest absolute Gasteiger partial charge is 0.276 e.